The van der Waals surface area contributed by atoms with Crippen LogP contribution in [0, 0.1) is 6.92 Å². The maximum Gasteiger partial charge on any atom is 0.259 e. The zero-order valence-electron chi connectivity index (χ0n) is 11.0. The first-order chi connectivity index (χ1) is 9.89. The topological polar surface area (TPSA) is 34.1 Å². The SMILES string of the molecule is Cc1ccc(S(=O)(=O)[C@](Cl)(SCl)Sc2ccccc2)cc1. The van der Waals surface area contributed by atoms with Crippen LogP contribution in [-0.4, -0.2) is 11.3 Å². The molecule has 0 heterocycles. The number of rotatable bonds is 5. The Hall–Kier alpha value is -0.330. The molecule has 0 fully saturated rings. The minimum atomic E-state index is -3.81. The molecule has 2 nitrogen and oxygen atoms in total. The summed E-state index contributed by atoms with van der Waals surface area (Å²) in [6.07, 6.45) is 0. The van der Waals surface area contributed by atoms with Crippen LogP contribution in [-0.2, 0) is 9.84 Å². The Morgan fingerprint density at radius 2 is 1.57 bits per heavy atom. The predicted molar refractivity (Wildman–Crippen MR) is 92.7 cm³/mol. The van der Waals surface area contributed by atoms with Gasteiger partial charge >= 0.3 is 0 Å². The van der Waals surface area contributed by atoms with Gasteiger partial charge in [-0.05, 0) is 52.8 Å². The molecule has 112 valence electrons. The van der Waals surface area contributed by atoms with Crippen molar-refractivity contribution in [3.8, 4) is 0 Å². The van der Waals surface area contributed by atoms with Gasteiger partial charge in [-0.1, -0.05) is 59.3 Å². The fourth-order valence-corrected chi connectivity index (χ4v) is 6.57. The molecule has 7 heteroatoms. The molecule has 0 aliphatic carbocycles. The highest BCUT2D eigenvalue weighted by Gasteiger charge is 2.45. The van der Waals surface area contributed by atoms with Gasteiger partial charge in [0, 0.05) is 4.90 Å². The first-order valence-electron chi connectivity index (χ1n) is 5.93. The van der Waals surface area contributed by atoms with Gasteiger partial charge in [0.2, 0.25) is 9.84 Å². The first kappa shape index (κ1) is 17.0. The number of thioether (sulfide) groups is 1. The van der Waals surface area contributed by atoms with Crippen molar-refractivity contribution in [1.29, 1.82) is 0 Å². The lowest BCUT2D eigenvalue weighted by atomic mass is 10.2. The van der Waals surface area contributed by atoms with E-state index in [1.54, 1.807) is 36.4 Å². The van der Waals surface area contributed by atoms with Crippen molar-refractivity contribution in [3.05, 3.63) is 60.2 Å². The second-order valence-corrected chi connectivity index (χ2v) is 10.9. The predicted octanol–water partition coefficient (Wildman–Crippen LogP) is 5.30. The second kappa shape index (κ2) is 6.84. The minimum Gasteiger partial charge on any atom is -0.220 e. The van der Waals surface area contributed by atoms with Gasteiger partial charge in [-0.25, -0.2) is 8.42 Å². The molecule has 0 saturated carbocycles. The molecular formula is C14H12Cl2O2S3. The molecule has 0 spiro atoms. The van der Waals surface area contributed by atoms with Gasteiger partial charge in [0.15, 0.2) is 0 Å². The monoisotopic (exact) mass is 378 g/mol. The molecule has 0 saturated heterocycles. The smallest absolute Gasteiger partial charge is 0.220 e. The third kappa shape index (κ3) is 3.71. The lowest BCUT2D eigenvalue weighted by Gasteiger charge is -2.23. The molecule has 0 aromatic heterocycles. The van der Waals surface area contributed by atoms with Crippen LogP contribution in [0.1, 0.15) is 5.56 Å². The Labute approximate surface area is 142 Å². The van der Waals surface area contributed by atoms with Crippen LogP contribution in [0.5, 0.6) is 0 Å². The lowest BCUT2D eigenvalue weighted by molar-refractivity contribution is 0.597. The van der Waals surface area contributed by atoms with E-state index in [-0.39, 0.29) is 4.90 Å². The molecule has 2 rings (SSSR count). The summed E-state index contributed by atoms with van der Waals surface area (Å²) in [5.74, 6) is 0. The number of alkyl halides is 1. The molecule has 0 bridgehead atoms. The van der Waals surface area contributed by atoms with Gasteiger partial charge in [0.1, 0.15) is 0 Å². The highest BCUT2D eigenvalue weighted by molar-refractivity contribution is 8.41. The Balaban J connectivity index is 2.41. The second-order valence-electron chi connectivity index (χ2n) is 4.29. The summed E-state index contributed by atoms with van der Waals surface area (Å²) >= 11 is 7.34. The molecule has 0 amide bonds. The van der Waals surface area contributed by atoms with Crippen molar-refractivity contribution < 1.29 is 8.42 Å². The van der Waals surface area contributed by atoms with E-state index in [0.717, 1.165) is 22.2 Å². The molecule has 0 aliphatic rings. The number of benzene rings is 2. The van der Waals surface area contributed by atoms with Gasteiger partial charge in [-0.3, -0.25) is 0 Å². The zero-order valence-corrected chi connectivity index (χ0v) is 15.0. The van der Waals surface area contributed by atoms with Crippen molar-refractivity contribution in [2.45, 2.75) is 19.6 Å². The summed E-state index contributed by atoms with van der Waals surface area (Å²) < 4.78 is 23.8. The molecule has 21 heavy (non-hydrogen) atoms. The normalized spacial score (nSPS) is 14.6. The molecule has 0 unspecified atom stereocenters. The summed E-state index contributed by atoms with van der Waals surface area (Å²) in [6.45, 7) is 1.89. The highest BCUT2D eigenvalue weighted by atomic mass is 35.7. The molecule has 1 atom stereocenters. The van der Waals surface area contributed by atoms with Crippen LogP contribution in [0.3, 0.4) is 0 Å². The molecule has 2 aromatic carbocycles. The number of hydrogen-bond donors (Lipinski definition) is 0. The summed E-state index contributed by atoms with van der Waals surface area (Å²) in [5.41, 5.74) is 0.975. The Kier molecular flexibility index (Phi) is 5.54. The highest BCUT2D eigenvalue weighted by Crippen LogP contribution is 2.53. The number of hydrogen-bond acceptors (Lipinski definition) is 4. The number of halogens is 2. The van der Waals surface area contributed by atoms with E-state index in [1.807, 2.05) is 25.1 Å². The lowest BCUT2D eigenvalue weighted by Crippen LogP contribution is -2.24. The number of aryl methyl sites for hydroxylation is 1. The van der Waals surface area contributed by atoms with Crippen LogP contribution in [0.15, 0.2) is 64.4 Å². The maximum absolute atomic E-state index is 12.7. The average Bonchev–Trinajstić information content (AvgIpc) is 2.48. The Bertz CT molecular complexity index is 703. The van der Waals surface area contributed by atoms with E-state index < -0.39 is 12.7 Å². The standard InChI is InChI=1S/C14H12Cl2O2S3/c1-11-7-9-13(10-8-11)21(17,18)14(15,20-16)19-12-5-3-2-4-6-12/h2-10H,1H3/t14-/m0/s1. The third-order valence-electron chi connectivity index (χ3n) is 2.73. The Morgan fingerprint density at radius 3 is 2.10 bits per heavy atom. The fourth-order valence-electron chi connectivity index (χ4n) is 1.60. The third-order valence-corrected chi connectivity index (χ3v) is 10.1. The van der Waals surface area contributed by atoms with Gasteiger partial charge in [-0.15, -0.1) is 0 Å². The molecule has 0 aliphatic heterocycles. The molecule has 2 aromatic rings. The summed E-state index contributed by atoms with van der Waals surface area (Å²) in [7, 11) is 2.59. The van der Waals surface area contributed by atoms with Gasteiger partial charge in [0.25, 0.3) is 2.87 Å². The van der Waals surface area contributed by atoms with Gasteiger partial charge in [-0.2, -0.15) is 0 Å². The van der Waals surface area contributed by atoms with E-state index in [0.29, 0.717) is 11.0 Å². The van der Waals surface area contributed by atoms with Gasteiger partial charge < -0.3 is 0 Å². The van der Waals surface area contributed by atoms with Crippen LogP contribution >= 0.6 is 45.0 Å². The van der Waals surface area contributed by atoms with E-state index >= 15 is 0 Å². The van der Waals surface area contributed by atoms with Crippen LogP contribution in [0.4, 0.5) is 0 Å². The fraction of sp³-hybridized carbons (Fsp3) is 0.143. The number of sulfone groups is 1. The van der Waals surface area contributed by atoms with Gasteiger partial charge in [0.05, 0.1) is 4.90 Å². The quantitative estimate of drug-likeness (QED) is 0.401. The van der Waals surface area contributed by atoms with Crippen LogP contribution in [0.25, 0.3) is 0 Å². The summed E-state index contributed by atoms with van der Waals surface area (Å²) in [5, 5.41) is 0. The van der Waals surface area contributed by atoms with Crippen molar-refractivity contribution in [2.75, 3.05) is 0 Å². The van der Waals surface area contributed by atoms with E-state index in [4.69, 9.17) is 22.3 Å². The Morgan fingerprint density at radius 1 is 1.00 bits per heavy atom. The van der Waals surface area contributed by atoms with E-state index in [1.165, 1.54) is 0 Å². The summed E-state index contributed by atoms with van der Waals surface area (Å²) in [4.78, 5) is 0.885. The van der Waals surface area contributed by atoms with Crippen molar-refractivity contribution >= 4 is 54.9 Å². The summed E-state index contributed by atoms with van der Waals surface area (Å²) in [6, 6.07) is 15.6. The average molecular weight is 379 g/mol. The van der Waals surface area contributed by atoms with Crippen molar-refractivity contribution in [3.63, 3.8) is 0 Å². The van der Waals surface area contributed by atoms with Crippen molar-refractivity contribution in [1.82, 2.24) is 0 Å². The molecule has 0 radical (unpaired) electrons. The van der Waals surface area contributed by atoms with Crippen LogP contribution in [0.2, 0.25) is 0 Å². The molecule has 0 N–H and O–H groups in total. The van der Waals surface area contributed by atoms with Crippen LogP contribution < -0.4 is 0 Å². The first-order valence-corrected chi connectivity index (χ1v) is 10.2. The minimum absolute atomic E-state index is 0.152. The molecular weight excluding hydrogens is 367 g/mol. The largest absolute Gasteiger partial charge is 0.259 e. The van der Waals surface area contributed by atoms with E-state index in [2.05, 4.69) is 0 Å². The van der Waals surface area contributed by atoms with E-state index in [9.17, 15) is 8.42 Å². The zero-order chi connectivity index (χ0) is 15.5. The maximum atomic E-state index is 12.7. The van der Waals surface area contributed by atoms with Crippen molar-refractivity contribution in [2.24, 2.45) is 0 Å².